The molecule has 0 unspecified atom stereocenters. The van der Waals surface area contributed by atoms with Crippen molar-refractivity contribution in [2.75, 3.05) is 19.6 Å². The summed E-state index contributed by atoms with van der Waals surface area (Å²) in [6.07, 6.45) is 10.1. The fourth-order valence-corrected chi connectivity index (χ4v) is 6.97. The minimum absolute atomic E-state index is 0.0511. The molecule has 3 heterocycles. The van der Waals surface area contributed by atoms with Gasteiger partial charge in [-0.05, 0) is 69.7 Å². The van der Waals surface area contributed by atoms with E-state index in [1.165, 1.54) is 44.2 Å². The molecule has 8 heteroatoms. The molecule has 3 fully saturated rings. The van der Waals surface area contributed by atoms with Crippen molar-refractivity contribution < 1.29 is 14.0 Å². The van der Waals surface area contributed by atoms with Gasteiger partial charge in [-0.25, -0.2) is 9.07 Å². The Hall–Kier alpha value is -2.74. The lowest BCUT2D eigenvalue weighted by molar-refractivity contribution is -0.162. The van der Waals surface area contributed by atoms with E-state index in [0.717, 1.165) is 61.5 Å². The standard InChI is InChI=1S/C31H44FN5O2/c1-4-5-17-36-29(38)28(20-24-9-7-6-8-10-24)33-30(39)31(36)15-18-35(19-16-31)21-27-22(2)34-37(23(27)3)26-13-11-25(32)12-14-26/h11-14,24,28H,4-10,15-21H2,1-3H3,(H,33,39)/t28-/m0/s1. The maximum Gasteiger partial charge on any atom is 0.246 e. The fourth-order valence-electron chi connectivity index (χ4n) is 6.97. The van der Waals surface area contributed by atoms with Crippen LogP contribution in [0, 0.1) is 25.6 Å². The molecule has 1 spiro atoms. The van der Waals surface area contributed by atoms with Crippen molar-refractivity contribution in [2.24, 2.45) is 5.92 Å². The predicted molar refractivity (Wildman–Crippen MR) is 150 cm³/mol. The number of nitrogens with one attached hydrogen (secondary N) is 1. The Kier molecular flexibility index (Phi) is 8.40. The quantitative estimate of drug-likeness (QED) is 0.511. The summed E-state index contributed by atoms with van der Waals surface area (Å²) in [5.74, 6) is 0.463. The number of aromatic nitrogens is 2. The van der Waals surface area contributed by atoms with E-state index in [4.69, 9.17) is 5.10 Å². The van der Waals surface area contributed by atoms with Crippen molar-refractivity contribution in [3.63, 3.8) is 0 Å². The average molecular weight is 538 g/mol. The number of piperazine rings is 1. The highest BCUT2D eigenvalue weighted by molar-refractivity contribution is 6.00. The summed E-state index contributed by atoms with van der Waals surface area (Å²) in [7, 11) is 0. The summed E-state index contributed by atoms with van der Waals surface area (Å²) in [4.78, 5) is 31.9. The molecule has 212 valence electrons. The maximum atomic E-state index is 13.8. The Bertz CT molecular complexity index is 1160. The van der Waals surface area contributed by atoms with E-state index < -0.39 is 5.54 Å². The number of likely N-dealkylation sites (tertiary alicyclic amines) is 1. The highest BCUT2D eigenvalue weighted by Crippen LogP contribution is 2.36. The Morgan fingerprint density at radius 3 is 2.41 bits per heavy atom. The van der Waals surface area contributed by atoms with E-state index >= 15 is 0 Å². The Morgan fingerprint density at radius 2 is 1.74 bits per heavy atom. The molecular formula is C31H44FN5O2. The van der Waals surface area contributed by atoms with E-state index in [1.807, 2.05) is 16.5 Å². The molecule has 1 N–H and O–H groups in total. The highest BCUT2D eigenvalue weighted by Gasteiger charge is 2.53. The number of hydrogen-bond acceptors (Lipinski definition) is 4. The third-order valence-electron chi connectivity index (χ3n) is 9.42. The van der Waals surface area contributed by atoms with Crippen LogP contribution in [0.25, 0.3) is 5.69 Å². The minimum Gasteiger partial charge on any atom is -0.342 e. The molecular weight excluding hydrogens is 493 g/mol. The SMILES string of the molecule is CCCCN1C(=O)[C@H](CC2CCCCC2)NC(=O)C12CCN(Cc1c(C)nn(-c3ccc(F)cc3)c1C)CC2. The molecule has 2 aliphatic heterocycles. The van der Waals surface area contributed by atoms with E-state index in [1.54, 1.807) is 12.1 Å². The molecule has 7 nitrogen and oxygen atoms in total. The van der Waals surface area contributed by atoms with Gasteiger partial charge in [-0.3, -0.25) is 14.5 Å². The second-order valence-corrected chi connectivity index (χ2v) is 12.0. The largest absolute Gasteiger partial charge is 0.342 e. The zero-order valence-electron chi connectivity index (χ0n) is 23.8. The summed E-state index contributed by atoms with van der Waals surface area (Å²) in [6.45, 7) is 9.10. The van der Waals surface area contributed by atoms with Crippen LogP contribution in [0.1, 0.15) is 88.1 Å². The van der Waals surface area contributed by atoms with E-state index in [0.29, 0.717) is 25.3 Å². The van der Waals surface area contributed by atoms with Gasteiger partial charge in [-0.15, -0.1) is 0 Å². The van der Waals surface area contributed by atoms with Crippen LogP contribution >= 0.6 is 0 Å². The summed E-state index contributed by atoms with van der Waals surface area (Å²) in [6, 6.07) is 6.03. The second-order valence-electron chi connectivity index (χ2n) is 12.0. The lowest BCUT2D eigenvalue weighted by atomic mass is 9.79. The fraction of sp³-hybridized carbons (Fsp3) is 0.645. The van der Waals surface area contributed by atoms with Crippen LogP contribution in [0.15, 0.2) is 24.3 Å². The summed E-state index contributed by atoms with van der Waals surface area (Å²) >= 11 is 0. The van der Waals surface area contributed by atoms with Crippen LogP contribution in [-0.2, 0) is 16.1 Å². The van der Waals surface area contributed by atoms with Crippen molar-refractivity contribution in [1.29, 1.82) is 0 Å². The first-order chi connectivity index (χ1) is 18.8. The normalized spacial score (nSPS) is 22.5. The van der Waals surface area contributed by atoms with Gasteiger partial charge in [-0.1, -0.05) is 45.4 Å². The average Bonchev–Trinajstić information content (AvgIpc) is 3.22. The first-order valence-electron chi connectivity index (χ1n) is 15.0. The third kappa shape index (κ3) is 5.63. The molecule has 2 aromatic rings. The molecule has 0 bridgehead atoms. The zero-order chi connectivity index (χ0) is 27.6. The van der Waals surface area contributed by atoms with Crippen LogP contribution in [0.5, 0.6) is 0 Å². The van der Waals surface area contributed by atoms with Crippen LogP contribution in [0.2, 0.25) is 0 Å². The molecule has 1 aromatic heterocycles. The van der Waals surface area contributed by atoms with Gasteiger partial charge in [0.25, 0.3) is 0 Å². The predicted octanol–water partition coefficient (Wildman–Crippen LogP) is 5.06. The monoisotopic (exact) mass is 537 g/mol. The van der Waals surface area contributed by atoms with Crippen LogP contribution in [0.4, 0.5) is 4.39 Å². The number of carbonyl (C=O) groups is 2. The maximum absolute atomic E-state index is 13.8. The number of nitrogens with zero attached hydrogens (tertiary/aromatic N) is 4. The molecule has 1 aromatic carbocycles. The number of hydrogen-bond donors (Lipinski definition) is 1. The van der Waals surface area contributed by atoms with Crippen molar-refractivity contribution in [2.45, 2.75) is 103 Å². The highest BCUT2D eigenvalue weighted by atomic mass is 19.1. The first-order valence-corrected chi connectivity index (χ1v) is 15.0. The molecule has 1 saturated carbocycles. The number of aryl methyl sites for hydroxylation is 1. The number of piperidine rings is 1. The number of unbranched alkanes of at least 4 members (excludes halogenated alkanes) is 1. The number of halogens is 1. The first kappa shape index (κ1) is 27.8. The Balaban J connectivity index is 1.28. The molecule has 5 rings (SSSR count). The Morgan fingerprint density at radius 1 is 1.05 bits per heavy atom. The number of carbonyl (C=O) groups excluding carboxylic acids is 2. The van der Waals surface area contributed by atoms with Gasteiger partial charge in [0.1, 0.15) is 17.4 Å². The summed E-state index contributed by atoms with van der Waals surface area (Å²) in [5.41, 5.74) is 3.26. The molecule has 0 radical (unpaired) electrons. The smallest absolute Gasteiger partial charge is 0.246 e. The van der Waals surface area contributed by atoms with E-state index in [2.05, 4.69) is 24.1 Å². The lowest BCUT2D eigenvalue weighted by Gasteiger charge is -2.52. The lowest BCUT2D eigenvalue weighted by Crippen LogP contribution is -2.73. The molecule has 2 saturated heterocycles. The number of benzene rings is 1. The van der Waals surface area contributed by atoms with Gasteiger partial charge < -0.3 is 10.2 Å². The number of rotatable bonds is 8. The summed E-state index contributed by atoms with van der Waals surface area (Å²) in [5, 5.41) is 7.93. The minimum atomic E-state index is -0.742. The molecule has 3 aliphatic rings. The second kappa shape index (κ2) is 11.8. The van der Waals surface area contributed by atoms with E-state index in [9.17, 15) is 14.0 Å². The van der Waals surface area contributed by atoms with Gasteiger partial charge in [0.05, 0.1) is 11.4 Å². The van der Waals surface area contributed by atoms with Crippen molar-refractivity contribution >= 4 is 11.8 Å². The molecule has 1 atom stereocenters. The van der Waals surface area contributed by atoms with Gasteiger partial charge in [0, 0.05) is 37.4 Å². The Labute approximate surface area is 232 Å². The van der Waals surface area contributed by atoms with Gasteiger partial charge in [0.15, 0.2) is 0 Å². The zero-order valence-corrected chi connectivity index (χ0v) is 23.8. The molecule has 2 amide bonds. The van der Waals surface area contributed by atoms with Gasteiger partial charge in [0.2, 0.25) is 11.8 Å². The topological polar surface area (TPSA) is 70.5 Å². The van der Waals surface area contributed by atoms with Crippen molar-refractivity contribution in [1.82, 2.24) is 24.9 Å². The van der Waals surface area contributed by atoms with Crippen LogP contribution < -0.4 is 5.32 Å². The van der Waals surface area contributed by atoms with Crippen LogP contribution in [0.3, 0.4) is 0 Å². The van der Waals surface area contributed by atoms with Gasteiger partial charge >= 0.3 is 0 Å². The number of amides is 2. The van der Waals surface area contributed by atoms with Gasteiger partial charge in [-0.2, -0.15) is 5.10 Å². The van der Waals surface area contributed by atoms with Crippen molar-refractivity contribution in [3.05, 3.63) is 47.0 Å². The van der Waals surface area contributed by atoms with Crippen molar-refractivity contribution in [3.8, 4) is 5.69 Å². The van der Waals surface area contributed by atoms with Crippen LogP contribution in [-0.4, -0.2) is 62.6 Å². The van der Waals surface area contributed by atoms with E-state index in [-0.39, 0.29) is 23.7 Å². The molecule has 39 heavy (non-hydrogen) atoms. The summed E-state index contributed by atoms with van der Waals surface area (Å²) < 4.78 is 15.3. The third-order valence-corrected chi connectivity index (χ3v) is 9.42. The molecule has 1 aliphatic carbocycles.